The Hall–Kier alpha value is -1.19. The molecule has 0 spiro atoms. The first kappa shape index (κ1) is 15.2. The Kier molecular flexibility index (Phi) is 5.32. The number of hydrogen-bond donors (Lipinski definition) is 1. The van der Waals surface area contributed by atoms with E-state index in [1.807, 2.05) is 18.2 Å². The quantitative estimate of drug-likeness (QED) is 0.780. The standard InChI is InChI=1S/C17H19BrFN/c1-3-11-20-12(2)13-7-9-14(10-8-13)15-5-4-6-16(18)17(15)19/h4-10,12,20H,3,11H2,1-2H3. The van der Waals surface area contributed by atoms with Gasteiger partial charge in [0.2, 0.25) is 0 Å². The Morgan fingerprint density at radius 3 is 2.50 bits per heavy atom. The van der Waals surface area contributed by atoms with Crippen molar-refractivity contribution in [3.63, 3.8) is 0 Å². The molecule has 1 nitrogen and oxygen atoms in total. The number of hydrogen-bond acceptors (Lipinski definition) is 1. The molecule has 1 atom stereocenters. The van der Waals surface area contributed by atoms with E-state index in [0.717, 1.165) is 18.5 Å². The molecule has 0 aliphatic carbocycles. The summed E-state index contributed by atoms with van der Waals surface area (Å²) >= 11 is 3.22. The van der Waals surface area contributed by atoms with Gasteiger partial charge >= 0.3 is 0 Å². The maximum absolute atomic E-state index is 14.1. The average molecular weight is 336 g/mol. The smallest absolute Gasteiger partial charge is 0.145 e. The van der Waals surface area contributed by atoms with E-state index in [1.54, 1.807) is 12.1 Å². The SMILES string of the molecule is CCCNC(C)c1ccc(-c2cccc(Br)c2F)cc1. The fraction of sp³-hybridized carbons (Fsp3) is 0.294. The van der Waals surface area contributed by atoms with Gasteiger partial charge in [-0.05, 0) is 53.0 Å². The first-order chi connectivity index (χ1) is 9.63. The molecule has 106 valence electrons. The average Bonchev–Trinajstić information content (AvgIpc) is 2.48. The van der Waals surface area contributed by atoms with E-state index in [9.17, 15) is 4.39 Å². The second-order valence-corrected chi connectivity index (χ2v) is 5.75. The summed E-state index contributed by atoms with van der Waals surface area (Å²) in [5.74, 6) is -0.211. The van der Waals surface area contributed by atoms with Crippen LogP contribution in [0.15, 0.2) is 46.9 Å². The van der Waals surface area contributed by atoms with Crippen molar-refractivity contribution in [1.82, 2.24) is 5.32 Å². The van der Waals surface area contributed by atoms with E-state index < -0.39 is 0 Å². The summed E-state index contributed by atoms with van der Waals surface area (Å²) in [4.78, 5) is 0. The number of rotatable bonds is 5. The van der Waals surface area contributed by atoms with Crippen molar-refractivity contribution < 1.29 is 4.39 Å². The maximum Gasteiger partial charge on any atom is 0.145 e. The third-order valence-electron chi connectivity index (χ3n) is 3.37. The Balaban J connectivity index is 2.22. The minimum Gasteiger partial charge on any atom is -0.310 e. The Morgan fingerprint density at radius 2 is 1.85 bits per heavy atom. The molecule has 2 rings (SSSR count). The molecule has 3 heteroatoms. The van der Waals surface area contributed by atoms with Crippen LogP contribution in [-0.4, -0.2) is 6.54 Å². The number of benzene rings is 2. The van der Waals surface area contributed by atoms with Crippen LogP contribution < -0.4 is 5.32 Å². The zero-order valence-electron chi connectivity index (χ0n) is 11.8. The van der Waals surface area contributed by atoms with Crippen molar-refractivity contribution in [2.45, 2.75) is 26.3 Å². The van der Waals surface area contributed by atoms with Crippen molar-refractivity contribution in [3.8, 4) is 11.1 Å². The zero-order valence-corrected chi connectivity index (χ0v) is 13.4. The van der Waals surface area contributed by atoms with Gasteiger partial charge in [0.1, 0.15) is 5.82 Å². The molecule has 0 fully saturated rings. The molecule has 0 bridgehead atoms. The molecule has 0 saturated carbocycles. The Labute approximate surface area is 128 Å². The van der Waals surface area contributed by atoms with Gasteiger partial charge in [0.25, 0.3) is 0 Å². The van der Waals surface area contributed by atoms with E-state index in [0.29, 0.717) is 16.1 Å². The van der Waals surface area contributed by atoms with Gasteiger partial charge in [-0.15, -0.1) is 0 Å². The minimum atomic E-state index is -0.211. The van der Waals surface area contributed by atoms with Crippen molar-refractivity contribution in [2.24, 2.45) is 0 Å². The fourth-order valence-electron chi connectivity index (χ4n) is 2.16. The summed E-state index contributed by atoms with van der Waals surface area (Å²) in [7, 11) is 0. The summed E-state index contributed by atoms with van der Waals surface area (Å²) in [6.07, 6.45) is 1.12. The lowest BCUT2D eigenvalue weighted by molar-refractivity contribution is 0.571. The van der Waals surface area contributed by atoms with Crippen LogP contribution in [0.4, 0.5) is 4.39 Å². The summed E-state index contributed by atoms with van der Waals surface area (Å²) in [5.41, 5.74) is 2.74. The van der Waals surface area contributed by atoms with Gasteiger partial charge in [-0.3, -0.25) is 0 Å². The molecule has 1 unspecified atom stereocenters. The number of nitrogens with one attached hydrogen (secondary N) is 1. The molecule has 0 aliphatic rings. The topological polar surface area (TPSA) is 12.0 Å². The van der Waals surface area contributed by atoms with Crippen LogP contribution >= 0.6 is 15.9 Å². The molecule has 0 saturated heterocycles. The van der Waals surface area contributed by atoms with E-state index in [1.165, 1.54) is 5.56 Å². The molecule has 0 amide bonds. The molecular weight excluding hydrogens is 317 g/mol. The van der Waals surface area contributed by atoms with Crippen LogP contribution in [0.1, 0.15) is 31.9 Å². The van der Waals surface area contributed by atoms with Crippen molar-refractivity contribution in [1.29, 1.82) is 0 Å². The number of halogens is 2. The third-order valence-corrected chi connectivity index (χ3v) is 3.99. The Bertz CT molecular complexity index is 566. The van der Waals surface area contributed by atoms with Crippen LogP contribution in [0, 0.1) is 5.82 Å². The van der Waals surface area contributed by atoms with Crippen LogP contribution in [0.2, 0.25) is 0 Å². The highest BCUT2D eigenvalue weighted by atomic mass is 79.9. The molecule has 20 heavy (non-hydrogen) atoms. The van der Waals surface area contributed by atoms with Crippen molar-refractivity contribution in [2.75, 3.05) is 6.54 Å². The summed E-state index contributed by atoms with van der Waals surface area (Å²) < 4.78 is 14.6. The van der Waals surface area contributed by atoms with Gasteiger partial charge in [0.15, 0.2) is 0 Å². The van der Waals surface area contributed by atoms with E-state index in [4.69, 9.17) is 0 Å². The lowest BCUT2D eigenvalue weighted by Crippen LogP contribution is -2.19. The lowest BCUT2D eigenvalue weighted by Gasteiger charge is -2.14. The molecule has 0 heterocycles. The van der Waals surface area contributed by atoms with Gasteiger partial charge in [0.05, 0.1) is 4.47 Å². The molecule has 0 radical (unpaired) electrons. The van der Waals surface area contributed by atoms with Gasteiger partial charge < -0.3 is 5.32 Å². The minimum absolute atomic E-state index is 0.211. The molecule has 2 aromatic carbocycles. The summed E-state index contributed by atoms with van der Waals surface area (Å²) in [5, 5.41) is 3.45. The van der Waals surface area contributed by atoms with Crippen LogP contribution in [-0.2, 0) is 0 Å². The van der Waals surface area contributed by atoms with E-state index in [2.05, 4.69) is 47.2 Å². The second-order valence-electron chi connectivity index (χ2n) is 4.90. The first-order valence-electron chi connectivity index (χ1n) is 6.91. The highest BCUT2D eigenvalue weighted by Gasteiger charge is 2.09. The summed E-state index contributed by atoms with van der Waals surface area (Å²) in [6, 6.07) is 13.7. The van der Waals surface area contributed by atoms with Crippen molar-refractivity contribution in [3.05, 3.63) is 58.3 Å². The highest BCUT2D eigenvalue weighted by Crippen LogP contribution is 2.28. The van der Waals surface area contributed by atoms with E-state index in [-0.39, 0.29) is 5.82 Å². The largest absolute Gasteiger partial charge is 0.310 e. The van der Waals surface area contributed by atoms with Crippen LogP contribution in [0.25, 0.3) is 11.1 Å². The van der Waals surface area contributed by atoms with Gasteiger partial charge in [-0.2, -0.15) is 0 Å². The lowest BCUT2D eigenvalue weighted by atomic mass is 10.0. The molecule has 0 aromatic heterocycles. The van der Waals surface area contributed by atoms with Gasteiger partial charge in [-0.1, -0.05) is 43.3 Å². The van der Waals surface area contributed by atoms with Crippen LogP contribution in [0.3, 0.4) is 0 Å². The molecule has 0 aliphatic heterocycles. The second kappa shape index (κ2) is 7.00. The monoisotopic (exact) mass is 335 g/mol. The van der Waals surface area contributed by atoms with E-state index >= 15 is 0 Å². The summed E-state index contributed by atoms with van der Waals surface area (Å²) in [6.45, 7) is 5.30. The normalized spacial score (nSPS) is 12.4. The predicted octanol–water partition coefficient (Wildman–Crippen LogP) is 5.32. The third kappa shape index (κ3) is 3.47. The highest BCUT2D eigenvalue weighted by molar-refractivity contribution is 9.10. The van der Waals surface area contributed by atoms with Gasteiger partial charge in [0, 0.05) is 11.6 Å². The first-order valence-corrected chi connectivity index (χ1v) is 7.70. The molecule has 2 aromatic rings. The molecular formula is C17H19BrFN. The molecule has 1 N–H and O–H groups in total. The zero-order chi connectivity index (χ0) is 14.5. The fourth-order valence-corrected chi connectivity index (χ4v) is 2.52. The van der Waals surface area contributed by atoms with Crippen molar-refractivity contribution >= 4 is 15.9 Å². The van der Waals surface area contributed by atoms with Gasteiger partial charge in [-0.25, -0.2) is 4.39 Å². The predicted molar refractivity (Wildman–Crippen MR) is 86.2 cm³/mol. The maximum atomic E-state index is 14.1. The van der Waals surface area contributed by atoms with Crippen LogP contribution in [0.5, 0.6) is 0 Å². The Morgan fingerprint density at radius 1 is 1.15 bits per heavy atom.